The first-order valence-electron chi connectivity index (χ1n) is 9.04. The minimum absolute atomic E-state index is 0.0651. The number of carbonyl (C=O) groups excluding carboxylic acids is 1. The normalized spacial score (nSPS) is 20.9. The van der Waals surface area contributed by atoms with Gasteiger partial charge in [0.15, 0.2) is 0 Å². The molecule has 1 amide bonds. The van der Waals surface area contributed by atoms with Crippen LogP contribution in [0.5, 0.6) is 0 Å². The van der Waals surface area contributed by atoms with Crippen molar-refractivity contribution in [3.05, 3.63) is 53.0 Å². The van der Waals surface area contributed by atoms with E-state index in [2.05, 4.69) is 21.3 Å². The molecule has 0 radical (unpaired) electrons. The van der Waals surface area contributed by atoms with E-state index in [1.54, 1.807) is 18.3 Å². The Hall–Kier alpha value is -2.67. The summed E-state index contributed by atoms with van der Waals surface area (Å²) in [4.78, 5) is 14.5. The monoisotopic (exact) mass is 388 g/mol. The predicted molar refractivity (Wildman–Crippen MR) is 109 cm³/mol. The Morgan fingerprint density at radius 2 is 2.30 bits per heavy atom. The summed E-state index contributed by atoms with van der Waals surface area (Å²) in [5, 5.41) is 21.1. The van der Waals surface area contributed by atoms with Gasteiger partial charge >= 0.3 is 0 Å². The summed E-state index contributed by atoms with van der Waals surface area (Å²) in [6, 6.07) is 7.50. The summed E-state index contributed by atoms with van der Waals surface area (Å²) in [7, 11) is 1.83. The molecule has 0 unspecified atom stereocenters. The Kier molecular flexibility index (Phi) is 6.24. The van der Waals surface area contributed by atoms with Crippen LogP contribution < -0.4 is 21.3 Å². The van der Waals surface area contributed by atoms with Crippen molar-refractivity contribution >= 4 is 29.0 Å². The molecule has 7 nitrogen and oxygen atoms in total. The number of likely N-dealkylation sites (tertiary alicyclic amines) is 1. The molecule has 1 aromatic rings. The van der Waals surface area contributed by atoms with Crippen molar-refractivity contribution in [3.63, 3.8) is 0 Å². The summed E-state index contributed by atoms with van der Waals surface area (Å²) in [6.07, 6.45) is 5.53. The number of piperidine rings is 1. The highest BCUT2D eigenvalue weighted by Crippen LogP contribution is 2.16. The van der Waals surface area contributed by atoms with Crippen molar-refractivity contribution in [2.75, 3.05) is 32.0 Å². The minimum atomic E-state index is 0.0651. The van der Waals surface area contributed by atoms with Crippen LogP contribution in [-0.2, 0) is 4.79 Å². The molecule has 2 aliphatic heterocycles. The predicted octanol–water partition coefficient (Wildman–Crippen LogP) is 1.86. The number of rotatable bonds is 6. The van der Waals surface area contributed by atoms with Gasteiger partial charge in [-0.2, -0.15) is 0 Å². The molecule has 2 aliphatic rings. The lowest BCUT2D eigenvalue weighted by atomic mass is 10.1. The van der Waals surface area contributed by atoms with E-state index in [0.29, 0.717) is 17.4 Å². The summed E-state index contributed by atoms with van der Waals surface area (Å²) in [5.74, 6) is 1.23. The molecule has 1 fully saturated rings. The third kappa shape index (κ3) is 4.95. The Morgan fingerprint density at radius 3 is 3.00 bits per heavy atom. The average molecular weight is 389 g/mol. The first kappa shape index (κ1) is 19.1. The average Bonchev–Trinajstić information content (AvgIpc) is 3.10. The van der Waals surface area contributed by atoms with Gasteiger partial charge < -0.3 is 26.2 Å². The van der Waals surface area contributed by atoms with Gasteiger partial charge in [-0.15, -0.1) is 0 Å². The van der Waals surface area contributed by atoms with Crippen LogP contribution in [0.25, 0.3) is 0 Å². The van der Waals surface area contributed by atoms with Crippen molar-refractivity contribution in [1.82, 2.24) is 20.9 Å². The minimum Gasteiger partial charge on any atom is -0.376 e. The van der Waals surface area contributed by atoms with Gasteiger partial charge in [-0.05, 0) is 37.1 Å². The van der Waals surface area contributed by atoms with Crippen LogP contribution >= 0.6 is 11.6 Å². The Labute approximate surface area is 164 Å². The zero-order chi connectivity index (χ0) is 19.2. The molecule has 2 heterocycles. The first-order valence-corrected chi connectivity index (χ1v) is 9.42. The maximum Gasteiger partial charge on any atom is 0.241 e. The van der Waals surface area contributed by atoms with E-state index < -0.39 is 0 Å². The zero-order valence-corrected chi connectivity index (χ0v) is 16.1. The number of hydrogen-bond acceptors (Lipinski definition) is 5. The van der Waals surface area contributed by atoms with Crippen molar-refractivity contribution in [3.8, 4) is 0 Å². The third-order valence-corrected chi connectivity index (χ3v) is 4.89. The van der Waals surface area contributed by atoms with Crippen molar-refractivity contribution < 1.29 is 4.79 Å². The number of carbonyl (C=O) groups is 1. The smallest absolute Gasteiger partial charge is 0.241 e. The molecular formula is C19H25ClN6O. The Morgan fingerprint density at radius 1 is 1.44 bits per heavy atom. The van der Waals surface area contributed by atoms with E-state index in [0.717, 1.165) is 36.5 Å². The molecule has 27 heavy (non-hydrogen) atoms. The number of hydrogen-bond donors (Lipinski definition) is 5. The van der Waals surface area contributed by atoms with Crippen LogP contribution in [0.2, 0.25) is 5.02 Å². The Balaban J connectivity index is 1.56. The van der Waals surface area contributed by atoms with Crippen LogP contribution in [-0.4, -0.2) is 49.4 Å². The fourth-order valence-corrected chi connectivity index (χ4v) is 3.47. The molecule has 5 N–H and O–H groups in total. The van der Waals surface area contributed by atoms with Gasteiger partial charge in [0.2, 0.25) is 5.91 Å². The molecule has 1 atom stereocenters. The maximum absolute atomic E-state index is 12.6. The first-order chi connectivity index (χ1) is 13.1. The van der Waals surface area contributed by atoms with E-state index in [1.165, 1.54) is 0 Å². The van der Waals surface area contributed by atoms with Gasteiger partial charge in [-0.25, -0.2) is 0 Å². The van der Waals surface area contributed by atoms with Crippen LogP contribution in [0, 0.1) is 5.41 Å². The lowest BCUT2D eigenvalue weighted by Gasteiger charge is -2.34. The highest BCUT2D eigenvalue weighted by Gasteiger charge is 2.25. The zero-order valence-electron chi connectivity index (χ0n) is 15.3. The number of anilines is 1. The van der Waals surface area contributed by atoms with Gasteiger partial charge in [0.1, 0.15) is 11.7 Å². The van der Waals surface area contributed by atoms with E-state index >= 15 is 0 Å². The molecule has 1 aromatic carbocycles. The fourth-order valence-electron chi connectivity index (χ4n) is 3.28. The van der Waals surface area contributed by atoms with Gasteiger partial charge in [-0.3, -0.25) is 10.2 Å². The summed E-state index contributed by atoms with van der Waals surface area (Å²) >= 11 is 5.98. The molecule has 0 spiro atoms. The molecule has 144 valence electrons. The standard InChI is InChI=1S/C19H25ClN6O/c1-22-19(16-7-8-23-18(16)21)25-15-6-3-9-26(12-15)17(27)11-24-14-5-2-4-13(20)10-14/h2,4-5,7-8,10,15,22,24-25H,3,6,9,11-12H2,1H3,(H2,21,23)/b19-16+/t15-/m0/s1. The van der Waals surface area contributed by atoms with Crippen LogP contribution in [0.15, 0.2) is 47.9 Å². The molecule has 1 saturated heterocycles. The van der Waals surface area contributed by atoms with E-state index in [4.69, 9.17) is 17.0 Å². The van der Waals surface area contributed by atoms with Crippen molar-refractivity contribution in [2.24, 2.45) is 0 Å². The van der Waals surface area contributed by atoms with Crippen LogP contribution in [0.3, 0.4) is 0 Å². The van der Waals surface area contributed by atoms with Gasteiger partial charge in [-0.1, -0.05) is 17.7 Å². The van der Waals surface area contributed by atoms with E-state index in [1.807, 2.05) is 30.2 Å². The second-order valence-corrected chi connectivity index (χ2v) is 7.01. The SMILES string of the molecule is CN/C(N[C@H]1CCCN(C(=O)CNc2cccc(Cl)c2)C1)=C1/C=CNC1=N. The van der Waals surface area contributed by atoms with Crippen molar-refractivity contribution in [2.45, 2.75) is 18.9 Å². The van der Waals surface area contributed by atoms with Crippen molar-refractivity contribution in [1.29, 1.82) is 5.41 Å². The largest absolute Gasteiger partial charge is 0.376 e. The number of amides is 1. The highest BCUT2D eigenvalue weighted by atomic mass is 35.5. The summed E-state index contributed by atoms with van der Waals surface area (Å²) in [6.45, 7) is 1.64. The molecule has 3 rings (SSSR count). The highest BCUT2D eigenvalue weighted by molar-refractivity contribution is 6.30. The van der Waals surface area contributed by atoms with Crippen LogP contribution in [0.4, 0.5) is 5.69 Å². The Bertz CT molecular complexity index is 775. The van der Waals surface area contributed by atoms with Gasteiger partial charge in [0, 0.05) is 43.1 Å². The fraction of sp³-hybridized carbons (Fsp3) is 0.368. The summed E-state index contributed by atoms with van der Waals surface area (Å²) < 4.78 is 0. The molecule has 0 aromatic heterocycles. The molecule has 0 aliphatic carbocycles. The molecule has 8 heteroatoms. The number of nitrogens with one attached hydrogen (secondary N) is 5. The molecule has 0 saturated carbocycles. The number of benzene rings is 1. The lowest BCUT2D eigenvalue weighted by molar-refractivity contribution is -0.130. The van der Waals surface area contributed by atoms with E-state index in [-0.39, 0.29) is 18.5 Å². The quantitative estimate of drug-likeness (QED) is 0.513. The van der Waals surface area contributed by atoms with Crippen LogP contribution in [0.1, 0.15) is 12.8 Å². The van der Waals surface area contributed by atoms with Gasteiger partial charge in [0.05, 0.1) is 12.1 Å². The lowest BCUT2D eigenvalue weighted by Crippen LogP contribution is -2.50. The molecule has 0 bridgehead atoms. The number of halogens is 1. The maximum atomic E-state index is 12.6. The number of amidine groups is 1. The third-order valence-electron chi connectivity index (χ3n) is 4.66. The second-order valence-electron chi connectivity index (χ2n) is 6.58. The second kappa shape index (κ2) is 8.81. The molecular weight excluding hydrogens is 364 g/mol. The van der Waals surface area contributed by atoms with Gasteiger partial charge in [0.25, 0.3) is 0 Å². The van der Waals surface area contributed by atoms with E-state index in [9.17, 15) is 4.79 Å². The topological polar surface area (TPSA) is 92.3 Å². The summed E-state index contributed by atoms with van der Waals surface area (Å²) in [5.41, 5.74) is 1.63. The number of nitrogens with zero attached hydrogens (tertiary/aromatic N) is 1.